The van der Waals surface area contributed by atoms with Crippen molar-refractivity contribution in [3.63, 3.8) is 0 Å². The monoisotopic (exact) mass is 355 g/mol. The number of hydrogen-bond donors (Lipinski definition) is 0. The van der Waals surface area contributed by atoms with Crippen molar-refractivity contribution in [3.8, 4) is 0 Å². The highest BCUT2D eigenvalue weighted by molar-refractivity contribution is 9.10. The SMILES string of the molecule is O=C(c1cc(Cl)cc(Br)c1)N(CC(F)(F)F)C1CC1. The van der Waals surface area contributed by atoms with Gasteiger partial charge >= 0.3 is 6.18 Å². The van der Waals surface area contributed by atoms with Crippen LogP contribution in [0.15, 0.2) is 22.7 Å². The minimum Gasteiger partial charge on any atom is -0.327 e. The summed E-state index contributed by atoms with van der Waals surface area (Å²) in [5, 5.41) is 0.306. The first-order valence-electron chi connectivity index (χ1n) is 5.60. The van der Waals surface area contributed by atoms with Gasteiger partial charge in [0.25, 0.3) is 5.91 Å². The molecule has 0 atom stereocenters. The molecule has 0 unspecified atom stereocenters. The van der Waals surface area contributed by atoms with Gasteiger partial charge in [0.2, 0.25) is 0 Å². The summed E-state index contributed by atoms with van der Waals surface area (Å²) in [4.78, 5) is 13.0. The second-order valence-corrected chi connectivity index (χ2v) is 5.79. The summed E-state index contributed by atoms with van der Waals surface area (Å²) in [7, 11) is 0. The van der Waals surface area contributed by atoms with Crippen LogP contribution in [0.25, 0.3) is 0 Å². The van der Waals surface area contributed by atoms with E-state index in [1.165, 1.54) is 12.1 Å². The van der Waals surface area contributed by atoms with Crippen molar-refractivity contribution in [2.45, 2.75) is 25.1 Å². The molecule has 19 heavy (non-hydrogen) atoms. The minimum atomic E-state index is -4.39. The Morgan fingerprint density at radius 1 is 1.37 bits per heavy atom. The van der Waals surface area contributed by atoms with Crippen LogP contribution in [0.5, 0.6) is 0 Å². The number of carbonyl (C=O) groups is 1. The number of amides is 1. The first kappa shape index (κ1) is 14.7. The first-order valence-corrected chi connectivity index (χ1v) is 6.77. The van der Waals surface area contributed by atoms with Crippen molar-refractivity contribution in [3.05, 3.63) is 33.3 Å². The van der Waals surface area contributed by atoms with Gasteiger partial charge in [0.15, 0.2) is 0 Å². The summed E-state index contributed by atoms with van der Waals surface area (Å²) in [6.07, 6.45) is -3.17. The summed E-state index contributed by atoms with van der Waals surface area (Å²) in [5.41, 5.74) is 0.163. The average Bonchev–Trinajstić information content (AvgIpc) is 3.06. The highest BCUT2D eigenvalue weighted by atomic mass is 79.9. The maximum absolute atomic E-state index is 12.5. The molecule has 1 aromatic rings. The van der Waals surface area contributed by atoms with E-state index in [1.54, 1.807) is 6.07 Å². The first-order chi connectivity index (χ1) is 8.76. The van der Waals surface area contributed by atoms with Gasteiger partial charge in [-0.15, -0.1) is 0 Å². The van der Waals surface area contributed by atoms with Crippen LogP contribution in [-0.2, 0) is 0 Å². The van der Waals surface area contributed by atoms with E-state index in [0.717, 1.165) is 4.90 Å². The van der Waals surface area contributed by atoms with Crippen molar-refractivity contribution in [2.24, 2.45) is 0 Å². The lowest BCUT2D eigenvalue weighted by atomic mass is 10.2. The maximum Gasteiger partial charge on any atom is 0.406 e. The lowest BCUT2D eigenvalue weighted by Gasteiger charge is -2.24. The van der Waals surface area contributed by atoms with E-state index in [4.69, 9.17) is 11.6 Å². The smallest absolute Gasteiger partial charge is 0.327 e. The molecule has 1 amide bonds. The molecule has 1 fully saturated rings. The molecule has 7 heteroatoms. The average molecular weight is 357 g/mol. The molecule has 0 aromatic heterocycles. The molecule has 1 aromatic carbocycles. The number of halogens is 5. The molecule has 0 spiro atoms. The van der Waals surface area contributed by atoms with E-state index in [9.17, 15) is 18.0 Å². The Kier molecular flexibility index (Phi) is 4.11. The third-order valence-corrected chi connectivity index (χ3v) is 3.38. The summed E-state index contributed by atoms with van der Waals surface area (Å²) in [6, 6.07) is 4.11. The largest absolute Gasteiger partial charge is 0.406 e. The molecule has 0 heterocycles. The van der Waals surface area contributed by atoms with Gasteiger partial charge in [-0.25, -0.2) is 0 Å². The zero-order valence-electron chi connectivity index (χ0n) is 9.68. The van der Waals surface area contributed by atoms with Crippen molar-refractivity contribution in [1.82, 2.24) is 4.90 Å². The molecule has 1 saturated carbocycles. The van der Waals surface area contributed by atoms with Gasteiger partial charge in [-0.2, -0.15) is 13.2 Å². The quantitative estimate of drug-likeness (QED) is 0.792. The molecule has 104 valence electrons. The zero-order valence-corrected chi connectivity index (χ0v) is 12.0. The normalized spacial score (nSPS) is 15.4. The lowest BCUT2D eigenvalue weighted by Crippen LogP contribution is -2.40. The van der Waals surface area contributed by atoms with Gasteiger partial charge in [0.05, 0.1) is 0 Å². The number of benzene rings is 1. The summed E-state index contributed by atoms with van der Waals surface area (Å²) >= 11 is 8.97. The second kappa shape index (κ2) is 5.32. The van der Waals surface area contributed by atoms with Crippen molar-refractivity contribution in [2.75, 3.05) is 6.54 Å². The molecular weight excluding hydrogens is 346 g/mol. The van der Waals surface area contributed by atoms with Crippen LogP contribution in [0.2, 0.25) is 5.02 Å². The Morgan fingerprint density at radius 2 is 2.00 bits per heavy atom. The van der Waals surface area contributed by atoms with Crippen LogP contribution in [0.1, 0.15) is 23.2 Å². The van der Waals surface area contributed by atoms with E-state index in [2.05, 4.69) is 15.9 Å². The summed E-state index contributed by atoms with van der Waals surface area (Å²) in [5.74, 6) is -0.636. The Balaban J connectivity index is 2.24. The number of carbonyl (C=O) groups excluding carboxylic acids is 1. The van der Waals surface area contributed by atoms with Gasteiger partial charge < -0.3 is 4.90 Å². The molecule has 0 N–H and O–H groups in total. The van der Waals surface area contributed by atoms with Gasteiger partial charge in [-0.3, -0.25) is 4.79 Å². The van der Waals surface area contributed by atoms with Crippen molar-refractivity contribution in [1.29, 1.82) is 0 Å². The second-order valence-electron chi connectivity index (χ2n) is 4.44. The van der Waals surface area contributed by atoms with E-state index in [0.29, 0.717) is 22.3 Å². The summed E-state index contributed by atoms with van der Waals surface area (Å²) < 4.78 is 38.1. The van der Waals surface area contributed by atoms with E-state index < -0.39 is 18.6 Å². The van der Waals surface area contributed by atoms with Crippen LogP contribution in [0.4, 0.5) is 13.2 Å². The fraction of sp³-hybridized carbons (Fsp3) is 0.417. The number of nitrogens with zero attached hydrogens (tertiary/aromatic N) is 1. The number of rotatable bonds is 3. The molecule has 0 bridgehead atoms. The van der Waals surface area contributed by atoms with Crippen molar-refractivity contribution >= 4 is 33.4 Å². The topological polar surface area (TPSA) is 20.3 Å². The molecule has 0 saturated heterocycles. The molecule has 1 aliphatic rings. The Labute approximate surface area is 121 Å². The standard InChI is InChI=1S/C12H10BrClF3NO/c13-8-3-7(4-9(14)5-8)11(19)18(10-1-2-10)6-12(15,16)17/h3-5,10H,1-2,6H2. The number of alkyl halides is 3. The van der Waals surface area contributed by atoms with E-state index in [-0.39, 0.29) is 11.6 Å². The fourth-order valence-corrected chi connectivity index (χ4v) is 2.65. The molecule has 0 radical (unpaired) electrons. The molecule has 1 aliphatic carbocycles. The Hall–Kier alpha value is -0.750. The third kappa shape index (κ3) is 4.11. The Morgan fingerprint density at radius 3 is 2.47 bits per heavy atom. The van der Waals surface area contributed by atoms with Crippen LogP contribution >= 0.6 is 27.5 Å². The predicted octanol–water partition coefficient (Wildman–Crippen LogP) is 4.27. The van der Waals surface area contributed by atoms with E-state index >= 15 is 0 Å². The Bertz CT molecular complexity index is 482. The van der Waals surface area contributed by atoms with Gasteiger partial charge in [-0.05, 0) is 31.0 Å². The van der Waals surface area contributed by atoms with Crippen LogP contribution in [-0.4, -0.2) is 29.6 Å². The van der Waals surface area contributed by atoms with Crippen LogP contribution in [0, 0.1) is 0 Å². The van der Waals surface area contributed by atoms with Crippen LogP contribution in [0.3, 0.4) is 0 Å². The predicted molar refractivity (Wildman–Crippen MR) is 69.3 cm³/mol. The summed E-state index contributed by atoms with van der Waals surface area (Å²) in [6.45, 7) is -1.22. The highest BCUT2D eigenvalue weighted by Crippen LogP contribution is 2.32. The third-order valence-electron chi connectivity index (χ3n) is 2.71. The van der Waals surface area contributed by atoms with E-state index in [1.807, 2.05) is 0 Å². The molecule has 0 aliphatic heterocycles. The molecule has 2 rings (SSSR count). The minimum absolute atomic E-state index is 0.163. The maximum atomic E-state index is 12.5. The lowest BCUT2D eigenvalue weighted by molar-refractivity contribution is -0.141. The van der Waals surface area contributed by atoms with Gasteiger partial charge in [0, 0.05) is 21.1 Å². The number of hydrogen-bond acceptors (Lipinski definition) is 1. The van der Waals surface area contributed by atoms with Crippen LogP contribution < -0.4 is 0 Å². The molecular formula is C12H10BrClF3NO. The van der Waals surface area contributed by atoms with Gasteiger partial charge in [-0.1, -0.05) is 27.5 Å². The fourth-order valence-electron chi connectivity index (χ4n) is 1.79. The van der Waals surface area contributed by atoms with Gasteiger partial charge in [0.1, 0.15) is 6.54 Å². The zero-order chi connectivity index (χ0) is 14.2. The molecule has 2 nitrogen and oxygen atoms in total. The van der Waals surface area contributed by atoms with Crippen molar-refractivity contribution < 1.29 is 18.0 Å². The highest BCUT2D eigenvalue weighted by Gasteiger charge is 2.40.